The van der Waals surface area contributed by atoms with Gasteiger partial charge in [-0.05, 0) is 41.2 Å². The predicted octanol–water partition coefficient (Wildman–Crippen LogP) is 4.23. The quantitative estimate of drug-likeness (QED) is 0.761. The summed E-state index contributed by atoms with van der Waals surface area (Å²) >= 11 is 1.45. The lowest BCUT2D eigenvalue weighted by atomic mass is 10.1. The molecular formula is C22H24N2O3S. The lowest BCUT2D eigenvalue weighted by molar-refractivity contribution is -0.129. The molecule has 0 aliphatic carbocycles. The summed E-state index contributed by atoms with van der Waals surface area (Å²) in [5, 5.41) is 4.79. The minimum Gasteiger partial charge on any atom is -0.493 e. The Kier molecular flexibility index (Phi) is 6.76. The van der Waals surface area contributed by atoms with Crippen LogP contribution in [0.5, 0.6) is 5.75 Å². The van der Waals surface area contributed by atoms with Crippen molar-refractivity contribution in [2.24, 2.45) is 5.92 Å². The van der Waals surface area contributed by atoms with Crippen LogP contribution in [0.4, 0.5) is 5.69 Å². The van der Waals surface area contributed by atoms with Crippen LogP contribution in [0, 0.1) is 5.92 Å². The number of benzene rings is 2. The minimum atomic E-state index is -0.238. The van der Waals surface area contributed by atoms with E-state index in [9.17, 15) is 9.59 Å². The predicted molar refractivity (Wildman–Crippen MR) is 114 cm³/mol. The van der Waals surface area contributed by atoms with Gasteiger partial charge in [-0.1, -0.05) is 44.2 Å². The number of carbonyl (C=O) groups excluding carboxylic acids is 2. The molecule has 0 fully saturated rings. The molecular weight excluding hydrogens is 372 g/mol. The van der Waals surface area contributed by atoms with Crippen LogP contribution in [-0.4, -0.2) is 35.6 Å². The van der Waals surface area contributed by atoms with Gasteiger partial charge in [0.25, 0.3) is 0 Å². The maximum absolute atomic E-state index is 12.5. The summed E-state index contributed by atoms with van der Waals surface area (Å²) in [6.45, 7) is 4.81. The Bertz CT molecular complexity index is 848. The van der Waals surface area contributed by atoms with E-state index in [0.29, 0.717) is 24.0 Å². The number of hydrogen-bond acceptors (Lipinski definition) is 4. The molecule has 0 radical (unpaired) electrons. The van der Waals surface area contributed by atoms with E-state index < -0.39 is 0 Å². The van der Waals surface area contributed by atoms with Crippen molar-refractivity contribution >= 4 is 35.0 Å². The van der Waals surface area contributed by atoms with Crippen molar-refractivity contribution in [1.82, 2.24) is 4.90 Å². The Hall–Kier alpha value is -2.73. The highest BCUT2D eigenvalue weighted by Crippen LogP contribution is 2.28. The highest BCUT2D eigenvalue weighted by atomic mass is 32.2. The number of nitrogens with zero attached hydrogens (tertiary/aromatic N) is 1. The molecule has 1 N–H and O–H groups in total. The van der Waals surface area contributed by atoms with E-state index in [1.54, 1.807) is 17.0 Å². The Morgan fingerprint density at radius 3 is 2.54 bits per heavy atom. The van der Waals surface area contributed by atoms with Crippen molar-refractivity contribution in [3.8, 4) is 5.75 Å². The van der Waals surface area contributed by atoms with E-state index in [1.165, 1.54) is 11.8 Å². The number of nitrogens with one attached hydrogen (secondary N) is 1. The molecule has 2 aromatic carbocycles. The lowest BCUT2D eigenvalue weighted by Crippen LogP contribution is -2.39. The Morgan fingerprint density at radius 1 is 1.14 bits per heavy atom. The molecule has 0 atom stereocenters. The molecule has 146 valence electrons. The monoisotopic (exact) mass is 396 g/mol. The fraction of sp³-hybridized carbons (Fsp3) is 0.273. The first-order chi connectivity index (χ1) is 13.5. The molecule has 2 aromatic rings. The molecule has 28 heavy (non-hydrogen) atoms. The molecule has 0 aromatic heterocycles. The van der Waals surface area contributed by atoms with Crippen molar-refractivity contribution in [2.45, 2.75) is 13.8 Å². The van der Waals surface area contributed by atoms with Crippen molar-refractivity contribution in [3.05, 3.63) is 65.6 Å². The zero-order chi connectivity index (χ0) is 19.9. The molecule has 1 aliphatic heterocycles. The first-order valence-electron chi connectivity index (χ1n) is 9.23. The summed E-state index contributed by atoms with van der Waals surface area (Å²) in [6.07, 6.45) is 0. The molecule has 1 aliphatic rings. The average Bonchev–Trinajstić information content (AvgIpc) is 2.69. The maximum atomic E-state index is 12.5. The van der Waals surface area contributed by atoms with Gasteiger partial charge in [-0.15, -0.1) is 11.8 Å². The number of amides is 2. The summed E-state index contributed by atoms with van der Waals surface area (Å²) in [5.74, 6) is 1.25. The third-order valence-electron chi connectivity index (χ3n) is 4.09. The third kappa shape index (κ3) is 5.39. The topological polar surface area (TPSA) is 58.6 Å². The molecule has 0 spiro atoms. The fourth-order valence-electron chi connectivity index (χ4n) is 2.72. The van der Waals surface area contributed by atoms with Crippen LogP contribution in [0.1, 0.15) is 19.4 Å². The van der Waals surface area contributed by atoms with Gasteiger partial charge in [-0.25, -0.2) is 0 Å². The molecule has 2 amide bonds. The molecule has 5 nitrogen and oxygen atoms in total. The lowest BCUT2D eigenvalue weighted by Gasteiger charge is -2.28. The van der Waals surface area contributed by atoms with E-state index in [2.05, 4.69) is 19.2 Å². The summed E-state index contributed by atoms with van der Waals surface area (Å²) in [5.41, 5.74) is 2.35. The summed E-state index contributed by atoms with van der Waals surface area (Å²) < 4.78 is 5.65. The fourth-order valence-corrected chi connectivity index (χ4v) is 3.52. The van der Waals surface area contributed by atoms with Crippen molar-refractivity contribution in [3.63, 3.8) is 0 Å². The molecule has 0 saturated carbocycles. The summed E-state index contributed by atoms with van der Waals surface area (Å²) in [7, 11) is 0. The Balaban J connectivity index is 1.63. The van der Waals surface area contributed by atoms with Crippen LogP contribution in [-0.2, 0) is 9.59 Å². The van der Waals surface area contributed by atoms with E-state index in [-0.39, 0.29) is 18.4 Å². The van der Waals surface area contributed by atoms with E-state index in [0.717, 1.165) is 17.0 Å². The van der Waals surface area contributed by atoms with E-state index >= 15 is 0 Å². The normalized spacial score (nSPS) is 14.0. The van der Waals surface area contributed by atoms with Crippen LogP contribution < -0.4 is 10.1 Å². The number of thioether (sulfide) groups is 1. The average molecular weight is 397 g/mol. The molecule has 6 heteroatoms. The highest BCUT2D eigenvalue weighted by molar-refractivity contribution is 8.03. The second-order valence-electron chi connectivity index (χ2n) is 6.94. The molecule has 0 bridgehead atoms. The number of anilines is 1. The zero-order valence-electron chi connectivity index (χ0n) is 16.1. The number of carbonyl (C=O) groups is 2. The number of rotatable bonds is 7. The Labute approximate surface area is 169 Å². The molecule has 0 saturated heterocycles. The first kappa shape index (κ1) is 20.0. The van der Waals surface area contributed by atoms with Crippen molar-refractivity contribution < 1.29 is 14.3 Å². The molecule has 1 heterocycles. The second kappa shape index (κ2) is 9.46. The van der Waals surface area contributed by atoms with Gasteiger partial charge in [-0.3, -0.25) is 9.59 Å². The largest absolute Gasteiger partial charge is 0.493 e. The van der Waals surface area contributed by atoms with Crippen LogP contribution in [0.15, 0.2) is 60.0 Å². The zero-order valence-corrected chi connectivity index (χ0v) is 16.9. The first-order valence-corrected chi connectivity index (χ1v) is 10.3. The number of ether oxygens (including phenoxy) is 1. The van der Waals surface area contributed by atoms with Gasteiger partial charge < -0.3 is 15.0 Å². The highest BCUT2D eigenvalue weighted by Gasteiger charge is 2.25. The SMILES string of the molecule is CC(C)COc1ccc(NC(=O)CN2C(=O)CSC=C2c2ccccc2)cc1. The second-order valence-corrected chi connectivity index (χ2v) is 7.80. The summed E-state index contributed by atoms with van der Waals surface area (Å²) in [4.78, 5) is 26.5. The van der Waals surface area contributed by atoms with E-state index in [1.807, 2.05) is 47.9 Å². The molecule has 0 unspecified atom stereocenters. The van der Waals surface area contributed by atoms with Gasteiger partial charge in [-0.2, -0.15) is 0 Å². The van der Waals surface area contributed by atoms with Gasteiger partial charge in [0.15, 0.2) is 0 Å². The summed E-state index contributed by atoms with van der Waals surface area (Å²) in [6, 6.07) is 16.9. The van der Waals surface area contributed by atoms with Crippen molar-refractivity contribution in [2.75, 3.05) is 24.2 Å². The standard InChI is InChI=1S/C22H24N2O3S/c1-16(2)13-27-19-10-8-18(9-11-19)23-21(25)12-24-20(14-28-15-22(24)26)17-6-4-3-5-7-17/h3-11,14,16H,12-13,15H2,1-2H3,(H,23,25). The van der Waals surface area contributed by atoms with Crippen LogP contribution in [0.2, 0.25) is 0 Å². The van der Waals surface area contributed by atoms with Gasteiger partial charge in [0.2, 0.25) is 11.8 Å². The van der Waals surface area contributed by atoms with Crippen LogP contribution >= 0.6 is 11.8 Å². The minimum absolute atomic E-state index is 0.0221. The van der Waals surface area contributed by atoms with Gasteiger partial charge >= 0.3 is 0 Å². The van der Waals surface area contributed by atoms with Gasteiger partial charge in [0.1, 0.15) is 12.3 Å². The number of hydrogen-bond donors (Lipinski definition) is 1. The van der Waals surface area contributed by atoms with Gasteiger partial charge in [0.05, 0.1) is 18.1 Å². The van der Waals surface area contributed by atoms with E-state index in [4.69, 9.17) is 4.74 Å². The Morgan fingerprint density at radius 2 is 1.86 bits per heavy atom. The smallest absolute Gasteiger partial charge is 0.244 e. The van der Waals surface area contributed by atoms with Crippen molar-refractivity contribution in [1.29, 1.82) is 0 Å². The third-order valence-corrected chi connectivity index (χ3v) is 4.89. The van der Waals surface area contributed by atoms with Crippen LogP contribution in [0.3, 0.4) is 0 Å². The van der Waals surface area contributed by atoms with Gasteiger partial charge in [0, 0.05) is 5.69 Å². The maximum Gasteiger partial charge on any atom is 0.244 e. The van der Waals surface area contributed by atoms with Crippen LogP contribution in [0.25, 0.3) is 5.70 Å². The molecule has 3 rings (SSSR count).